The molecule has 0 spiro atoms. The fourth-order valence-corrected chi connectivity index (χ4v) is 1.28. The maximum Gasteiger partial charge on any atom is 0.237 e. The molecular weight excluding hydrogens is 204 g/mol. The van der Waals surface area contributed by atoms with Gasteiger partial charge in [-0.2, -0.15) is 11.8 Å². The standard InChI is InChI=1S/C8H18N2O3S/c1-14-3-2-7(9)8(13)10-4-6(12)5-11/h6-7,11-12H,2-5,9H2,1H3,(H,10,13)/t6?,7-/m0/s1. The van der Waals surface area contributed by atoms with E-state index in [0.717, 1.165) is 5.75 Å². The van der Waals surface area contributed by atoms with Gasteiger partial charge in [0.05, 0.1) is 18.8 Å². The zero-order valence-electron chi connectivity index (χ0n) is 8.27. The van der Waals surface area contributed by atoms with Gasteiger partial charge in [-0.1, -0.05) is 0 Å². The first-order valence-corrected chi connectivity index (χ1v) is 5.82. The summed E-state index contributed by atoms with van der Waals surface area (Å²) in [5.74, 6) is 0.545. The Morgan fingerprint density at radius 1 is 1.64 bits per heavy atom. The topological polar surface area (TPSA) is 95.6 Å². The van der Waals surface area contributed by atoms with Crippen LogP contribution in [-0.4, -0.2) is 53.4 Å². The number of carbonyl (C=O) groups is 1. The second-order valence-corrected chi connectivity index (χ2v) is 3.96. The van der Waals surface area contributed by atoms with E-state index < -0.39 is 12.1 Å². The van der Waals surface area contributed by atoms with Crippen molar-refractivity contribution in [3.8, 4) is 0 Å². The molecule has 1 amide bonds. The second-order valence-electron chi connectivity index (χ2n) is 2.97. The Morgan fingerprint density at radius 2 is 2.29 bits per heavy atom. The molecule has 0 aliphatic carbocycles. The lowest BCUT2D eigenvalue weighted by molar-refractivity contribution is -0.122. The second kappa shape index (κ2) is 8.05. The fourth-order valence-electron chi connectivity index (χ4n) is 0.790. The molecular formula is C8H18N2O3S. The van der Waals surface area contributed by atoms with Crippen LogP contribution in [0.5, 0.6) is 0 Å². The molecule has 0 saturated carbocycles. The van der Waals surface area contributed by atoms with Crippen molar-refractivity contribution in [1.29, 1.82) is 0 Å². The van der Waals surface area contributed by atoms with Crippen molar-refractivity contribution in [2.24, 2.45) is 5.73 Å². The smallest absolute Gasteiger partial charge is 0.237 e. The molecule has 0 aromatic heterocycles. The number of carbonyl (C=O) groups excluding carboxylic acids is 1. The van der Waals surface area contributed by atoms with Crippen LogP contribution in [0.1, 0.15) is 6.42 Å². The normalized spacial score (nSPS) is 14.9. The Bertz CT molecular complexity index is 169. The summed E-state index contributed by atoms with van der Waals surface area (Å²) < 4.78 is 0. The highest BCUT2D eigenvalue weighted by molar-refractivity contribution is 7.98. The summed E-state index contributed by atoms with van der Waals surface area (Å²) in [4.78, 5) is 11.2. The highest BCUT2D eigenvalue weighted by atomic mass is 32.2. The van der Waals surface area contributed by atoms with Gasteiger partial charge in [0.25, 0.3) is 0 Å². The van der Waals surface area contributed by atoms with Crippen molar-refractivity contribution >= 4 is 17.7 Å². The first-order chi connectivity index (χ1) is 6.61. The molecule has 0 aliphatic rings. The van der Waals surface area contributed by atoms with E-state index >= 15 is 0 Å². The lowest BCUT2D eigenvalue weighted by Gasteiger charge is -2.13. The van der Waals surface area contributed by atoms with Crippen molar-refractivity contribution in [2.45, 2.75) is 18.6 Å². The van der Waals surface area contributed by atoms with E-state index in [-0.39, 0.29) is 19.1 Å². The van der Waals surface area contributed by atoms with E-state index in [1.807, 2.05) is 6.26 Å². The summed E-state index contributed by atoms with van der Waals surface area (Å²) in [6.07, 6.45) is 1.65. The SMILES string of the molecule is CSCC[C@H](N)C(=O)NCC(O)CO. The molecule has 0 aromatic carbocycles. The molecule has 2 atom stereocenters. The number of nitrogens with one attached hydrogen (secondary N) is 1. The third-order valence-electron chi connectivity index (χ3n) is 1.69. The quantitative estimate of drug-likeness (QED) is 0.422. The van der Waals surface area contributed by atoms with Gasteiger partial charge in [-0.05, 0) is 18.4 Å². The monoisotopic (exact) mass is 222 g/mol. The number of thioether (sulfide) groups is 1. The minimum Gasteiger partial charge on any atom is -0.394 e. The summed E-state index contributed by atoms with van der Waals surface area (Å²) in [5.41, 5.74) is 5.56. The van der Waals surface area contributed by atoms with Gasteiger partial charge in [0.15, 0.2) is 0 Å². The van der Waals surface area contributed by atoms with Gasteiger partial charge in [-0.3, -0.25) is 4.79 Å². The first-order valence-electron chi connectivity index (χ1n) is 4.43. The maximum atomic E-state index is 11.2. The van der Waals surface area contributed by atoms with Crippen LogP contribution in [0.3, 0.4) is 0 Å². The Hall–Kier alpha value is -0.300. The molecule has 0 heterocycles. The van der Waals surface area contributed by atoms with Crippen LogP contribution in [0.25, 0.3) is 0 Å². The maximum absolute atomic E-state index is 11.2. The third kappa shape index (κ3) is 6.20. The lowest BCUT2D eigenvalue weighted by Crippen LogP contribution is -2.44. The van der Waals surface area contributed by atoms with Crippen LogP contribution in [-0.2, 0) is 4.79 Å². The van der Waals surface area contributed by atoms with Crippen LogP contribution >= 0.6 is 11.8 Å². The fraction of sp³-hybridized carbons (Fsp3) is 0.875. The van der Waals surface area contributed by atoms with Gasteiger partial charge >= 0.3 is 0 Å². The summed E-state index contributed by atoms with van der Waals surface area (Å²) in [6, 6.07) is -0.534. The van der Waals surface area contributed by atoms with Gasteiger partial charge in [0, 0.05) is 6.54 Å². The Balaban J connectivity index is 3.61. The third-order valence-corrected chi connectivity index (χ3v) is 2.34. The van der Waals surface area contributed by atoms with Gasteiger partial charge in [-0.15, -0.1) is 0 Å². The largest absolute Gasteiger partial charge is 0.394 e. The molecule has 6 heteroatoms. The van der Waals surface area contributed by atoms with Gasteiger partial charge < -0.3 is 21.3 Å². The predicted octanol–water partition coefficient (Wildman–Crippen LogP) is -1.46. The van der Waals surface area contributed by atoms with Crippen LogP contribution in [0.4, 0.5) is 0 Å². The van der Waals surface area contributed by atoms with Gasteiger partial charge in [-0.25, -0.2) is 0 Å². The minimum absolute atomic E-state index is 0.0439. The molecule has 0 saturated heterocycles. The minimum atomic E-state index is -0.910. The van der Waals surface area contributed by atoms with E-state index in [9.17, 15) is 4.79 Å². The van der Waals surface area contributed by atoms with Crippen LogP contribution in [0.15, 0.2) is 0 Å². The van der Waals surface area contributed by atoms with Gasteiger partial charge in [0.2, 0.25) is 5.91 Å². The van der Waals surface area contributed by atoms with Crippen molar-refractivity contribution in [3.63, 3.8) is 0 Å². The number of nitrogens with two attached hydrogens (primary N) is 1. The molecule has 0 radical (unpaired) electrons. The zero-order valence-corrected chi connectivity index (χ0v) is 9.09. The molecule has 0 bridgehead atoms. The molecule has 5 N–H and O–H groups in total. The van der Waals surface area contributed by atoms with E-state index in [0.29, 0.717) is 6.42 Å². The average molecular weight is 222 g/mol. The highest BCUT2D eigenvalue weighted by Crippen LogP contribution is 1.98. The number of hydrogen-bond donors (Lipinski definition) is 4. The van der Waals surface area contributed by atoms with Crippen molar-refractivity contribution in [3.05, 3.63) is 0 Å². The summed E-state index contributed by atoms with van der Waals surface area (Å²) in [6.45, 7) is -0.317. The predicted molar refractivity (Wildman–Crippen MR) is 57.1 cm³/mol. The molecule has 1 unspecified atom stereocenters. The number of hydrogen-bond acceptors (Lipinski definition) is 5. The molecule has 0 fully saturated rings. The molecule has 5 nitrogen and oxygen atoms in total. The number of aliphatic hydroxyl groups is 2. The molecule has 14 heavy (non-hydrogen) atoms. The van der Waals surface area contributed by atoms with E-state index in [1.54, 1.807) is 11.8 Å². The molecule has 0 aromatic rings. The summed E-state index contributed by atoms with van der Waals surface area (Å²) in [7, 11) is 0. The zero-order chi connectivity index (χ0) is 11.0. The Kier molecular flexibility index (Phi) is 7.87. The number of aliphatic hydroxyl groups excluding tert-OH is 2. The van der Waals surface area contributed by atoms with Crippen LogP contribution in [0.2, 0.25) is 0 Å². The van der Waals surface area contributed by atoms with Crippen molar-refractivity contribution < 1.29 is 15.0 Å². The summed E-state index contributed by atoms with van der Waals surface area (Å²) >= 11 is 1.63. The van der Waals surface area contributed by atoms with E-state index in [2.05, 4.69) is 5.32 Å². The first kappa shape index (κ1) is 13.7. The van der Waals surface area contributed by atoms with Crippen LogP contribution in [0, 0.1) is 0 Å². The molecule has 0 rings (SSSR count). The van der Waals surface area contributed by atoms with E-state index in [1.165, 1.54) is 0 Å². The highest BCUT2D eigenvalue weighted by Gasteiger charge is 2.13. The van der Waals surface area contributed by atoms with E-state index in [4.69, 9.17) is 15.9 Å². The van der Waals surface area contributed by atoms with Crippen molar-refractivity contribution in [1.82, 2.24) is 5.32 Å². The number of amides is 1. The molecule has 84 valence electrons. The number of rotatable bonds is 7. The van der Waals surface area contributed by atoms with Crippen molar-refractivity contribution in [2.75, 3.05) is 25.2 Å². The average Bonchev–Trinajstić information content (AvgIpc) is 2.21. The summed E-state index contributed by atoms with van der Waals surface area (Å²) in [5, 5.41) is 19.9. The Morgan fingerprint density at radius 3 is 2.79 bits per heavy atom. The van der Waals surface area contributed by atoms with Crippen LogP contribution < -0.4 is 11.1 Å². The Labute approximate surface area is 88.1 Å². The van der Waals surface area contributed by atoms with Gasteiger partial charge in [0.1, 0.15) is 0 Å². The molecule has 0 aliphatic heterocycles. The lowest BCUT2D eigenvalue weighted by atomic mass is 10.2.